The number of ether oxygens (including phenoxy) is 1. The van der Waals surface area contributed by atoms with E-state index in [0.29, 0.717) is 6.04 Å². The summed E-state index contributed by atoms with van der Waals surface area (Å²) < 4.78 is 5.51. The molecule has 2 aliphatic rings. The van der Waals surface area contributed by atoms with E-state index < -0.39 is 0 Å². The lowest BCUT2D eigenvalue weighted by Crippen LogP contribution is -2.23. The van der Waals surface area contributed by atoms with Crippen molar-refractivity contribution in [3.05, 3.63) is 33.2 Å². The fraction of sp³-hybridized carbons (Fsp3) is 0.600. The maximum absolute atomic E-state index is 5.51. The van der Waals surface area contributed by atoms with Crippen molar-refractivity contribution in [2.45, 2.75) is 45.1 Å². The van der Waals surface area contributed by atoms with Gasteiger partial charge in [0.05, 0.1) is 18.9 Å². The van der Waals surface area contributed by atoms with E-state index in [1.807, 2.05) is 17.6 Å². The zero-order valence-corrected chi connectivity index (χ0v) is 11.8. The molecule has 2 nitrogen and oxygen atoms in total. The third kappa shape index (κ3) is 2.34. The highest BCUT2D eigenvalue weighted by atomic mass is 32.1. The van der Waals surface area contributed by atoms with Crippen LogP contribution in [0.5, 0.6) is 0 Å². The predicted octanol–water partition coefficient (Wildman–Crippen LogP) is 3.58. The molecule has 0 fully saturated rings. The summed E-state index contributed by atoms with van der Waals surface area (Å²) in [6.45, 7) is 4.06. The van der Waals surface area contributed by atoms with Gasteiger partial charge < -0.3 is 10.1 Å². The van der Waals surface area contributed by atoms with Crippen LogP contribution in [0.4, 0.5) is 0 Å². The molecule has 0 saturated carbocycles. The molecule has 0 aromatic carbocycles. The van der Waals surface area contributed by atoms with E-state index in [9.17, 15) is 0 Å². The summed E-state index contributed by atoms with van der Waals surface area (Å²) in [6.07, 6.45) is 8.22. The van der Waals surface area contributed by atoms with Gasteiger partial charge in [-0.3, -0.25) is 0 Å². The minimum absolute atomic E-state index is 0.380. The standard InChI is InChI=1S/C15H21NOS/c1-2-16-15(12-6-4-8-17-10-12)14-9-11-5-3-7-13(11)18-14/h9-10,15-16H,2-8H2,1H3. The molecule has 1 aromatic heterocycles. The molecule has 98 valence electrons. The summed E-state index contributed by atoms with van der Waals surface area (Å²) in [4.78, 5) is 3.10. The van der Waals surface area contributed by atoms with Gasteiger partial charge >= 0.3 is 0 Å². The van der Waals surface area contributed by atoms with Crippen LogP contribution >= 0.6 is 11.3 Å². The zero-order valence-electron chi connectivity index (χ0n) is 11.0. The molecule has 1 unspecified atom stereocenters. The molecule has 0 bridgehead atoms. The van der Waals surface area contributed by atoms with Gasteiger partial charge in [-0.05, 0) is 55.9 Å². The molecule has 1 aliphatic carbocycles. The Bertz CT molecular complexity index is 428. The van der Waals surface area contributed by atoms with Gasteiger partial charge in [-0.1, -0.05) is 6.92 Å². The molecule has 0 spiro atoms. The molecule has 1 aromatic rings. The first-order valence-corrected chi connectivity index (χ1v) is 7.85. The number of nitrogens with one attached hydrogen (secondary N) is 1. The average molecular weight is 263 g/mol. The largest absolute Gasteiger partial charge is 0.501 e. The van der Waals surface area contributed by atoms with Crippen LogP contribution < -0.4 is 5.32 Å². The SMILES string of the molecule is CCNC(C1=COCCC1)c1cc2c(s1)CCC2. The Labute approximate surface area is 113 Å². The van der Waals surface area contributed by atoms with Crippen LogP contribution in [0, 0.1) is 0 Å². The van der Waals surface area contributed by atoms with Crippen molar-refractivity contribution in [1.82, 2.24) is 5.32 Å². The number of likely N-dealkylation sites (N-methyl/N-ethyl adjacent to an activating group) is 1. The molecule has 0 saturated heterocycles. The van der Waals surface area contributed by atoms with Crippen LogP contribution in [0.15, 0.2) is 17.9 Å². The van der Waals surface area contributed by atoms with Crippen molar-refractivity contribution in [2.24, 2.45) is 0 Å². The van der Waals surface area contributed by atoms with Crippen LogP contribution in [-0.4, -0.2) is 13.2 Å². The fourth-order valence-corrected chi connectivity index (χ4v) is 4.29. The fourth-order valence-electron chi connectivity index (χ4n) is 2.91. The monoisotopic (exact) mass is 263 g/mol. The van der Waals surface area contributed by atoms with Crippen molar-refractivity contribution in [2.75, 3.05) is 13.2 Å². The second-order valence-corrected chi connectivity index (χ2v) is 6.28. The van der Waals surface area contributed by atoms with Gasteiger partial charge in [0, 0.05) is 9.75 Å². The van der Waals surface area contributed by atoms with E-state index in [-0.39, 0.29) is 0 Å². The number of fused-ring (bicyclic) bond motifs is 1. The summed E-state index contributed by atoms with van der Waals surface area (Å²) >= 11 is 2.00. The maximum atomic E-state index is 5.51. The second kappa shape index (κ2) is 5.45. The van der Waals surface area contributed by atoms with E-state index in [2.05, 4.69) is 18.3 Å². The topological polar surface area (TPSA) is 21.3 Å². The Hall–Kier alpha value is -0.800. The van der Waals surface area contributed by atoms with Gasteiger partial charge in [0.1, 0.15) is 0 Å². The van der Waals surface area contributed by atoms with E-state index >= 15 is 0 Å². The summed E-state index contributed by atoms with van der Waals surface area (Å²) in [5.41, 5.74) is 3.01. The predicted molar refractivity (Wildman–Crippen MR) is 76.0 cm³/mol. The van der Waals surface area contributed by atoms with Crippen molar-refractivity contribution >= 4 is 11.3 Å². The number of rotatable bonds is 4. The van der Waals surface area contributed by atoms with Crippen molar-refractivity contribution < 1.29 is 4.74 Å². The molecule has 1 atom stereocenters. The Kier molecular flexibility index (Phi) is 3.71. The molecule has 0 radical (unpaired) electrons. The average Bonchev–Trinajstić information content (AvgIpc) is 2.97. The zero-order chi connectivity index (χ0) is 12.4. The van der Waals surface area contributed by atoms with Gasteiger partial charge in [0.25, 0.3) is 0 Å². The Morgan fingerprint density at radius 3 is 3.00 bits per heavy atom. The molecule has 3 rings (SSSR count). The third-order valence-electron chi connectivity index (χ3n) is 3.79. The Morgan fingerprint density at radius 2 is 2.28 bits per heavy atom. The molecular weight excluding hydrogens is 242 g/mol. The number of hydrogen-bond acceptors (Lipinski definition) is 3. The highest BCUT2D eigenvalue weighted by molar-refractivity contribution is 7.12. The van der Waals surface area contributed by atoms with E-state index in [1.54, 1.807) is 10.4 Å². The van der Waals surface area contributed by atoms with E-state index in [4.69, 9.17) is 4.74 Å². The normalized spacial score (nSPS) is 20.2. The number of thiophene rings is 1. The minimum atomic E-state index is 0.380. The molecule has 18 heavy (non-hydrogen) atoms. The lowest BCUT2D eigenvalue weighted by atomic mass is 10.00. The van der Waals surface area contributed by atoms with Crippen LogP contribution in [0.2, 0.25) is 0 Å². The highest BCUT2D eigenvalue weighted by Gasteiger charge is 2.23. The van der Waals surface area contributed by atoms with Gasteiger partial charge in [0.15, 0.2) is 0 Å². The van der Waals surface area contributed by atoms with Gasteiger partial charge in [-0.15, -0.1) is 11.3 Å². The lowest BCUT2D eigenvalue weighted by Gasteiger charge is -2.23. The second-order valence-electron chi connectivity index (χ2n) is 5.11. The van der Waals surface area contributed by atoms with Crippen LogP contribution in [0.1, 0.15) is 47.5 Å². The van der Waals surface area contributed by atoms with Gasteiger partial charge in [-0.25, -0.2) is 0 Å². The third-order valence-corrected chi connectivity index (χ3v) is 5.09. The Morgan fingerprint density at radius 1 is 1.33 bits per heavy atom. The molecule has 1 N–H and O–H groups in total. The van der Waals surface area contributed by atoms with Gasteiger partial charge in [-0.2, -0.15) is 0 Å². The van der Waals surface area contributed by atoms with Crippen LogP contribution in [0.3, 0.4) is 0 Å². The quantitative estimate of drug-likeness (QED) is 0.896. The smallest absolute Gasteiger partial charge is 0.0876 e. The molecule has 1 aliphatic heterocycles. The first kappa shape index (κ1) is 12.2. The summed E-state index contributed by atoms with van der Waals surface area (Å²) in [7, 11) is 0. The Balaban J connectivity index is 1.85. The van der Waals surface area contributed by atoms with Crippen LogP contribution in [-0.2, 0) is 17.6 Å². The lowest BCUT2D eigenvalue weighted by molar-refractivity contribution is 0.219. The van der Waals surface area contributed by atoms with Crippen molar-refractivity contribution in [3.8, 4) is 0 Å². The van der Waals surface area contributed by atoms with E-state index in [0.717, 1.165) is 19.6 Å². The number of hydrogen-bond donors (Lipinski definition) is 1. The molecule has 0 amide bonds. The minimum Gasteiger partial charge on any atom is -0.501 e. The first-order valence-electron chi connectivity index (χ1n) is 7.04. The van der Waals surface area contributed by atoms with Gasteiger partial charge in [0.2, 0.25) is 0 Å². The highest BCUT2D eigenvalue weighted by Crippen LogP contribution is 2.37. The summed E-state index contributed by atoms with van der Waals surface area (Å²) in [5.74, 6) is 0. The summed E-state index contributed by atoms with van der Waals surface area (Å²) in [5, 5.41) is 3.62. The molecule has 3 heteroatoms. The van der Waals surface area contributed by atoms with E-state index in [1.165, 1.54) is 36.1 Å². The van der Waals surface area contributed by atoms with Crippen LogP contribution in [0.25, 0.3) is 0 Å². The molecular formula is C15H21NOS. The number of aryl methyl sites for hydroxylation is 2. The molecule has 2 heterocycles. The first-order chi connectivity index (χ1) is 8.88. The van der Waals surface area contributed by atoms with Crippen molar-refractivity contribution in [3.63, 3.8) is 0 Å². The van der Waals surface area contributed by atoms with Crippen molar-refractivity contribution in [1.29, 1.82) is 0 Å². The summed E-state index contributed by atoms with van der Waals surface area (Å²) in [6, 6.07) is 2.81. The maximum Gasteiger partial charge on any atom is 0.0876 e.